The minimum Gasteiger partial charge on any atom is -0.271 e. The standard InChI is InChI=1S/C12H20ClN3O2S/c1-8-12(9(2)16(3)14-8)19(17,18)15-11-7-5-4-6-10(11)13/h10-11,15H,4-7H2,1-3H3. The summed E-state index contributed by atoms with van der Waals surface area (Å²) in [6.45, 7) is 3.47. The van der Waals surface area contributed by atoms with Crippen molar-refractivity contribution in [3.63, 3.8) is 0 Å². The second kappa shape index (κ2) is 5.42. The van der Waals surface area contributed by atoms with E-state index >= 15 is 0 Å². The maximum absolute atomic E-state index is 12.5. The van der Waals surface area contributed by atoms with Crippen LogP contribution in [0.1, 0.15) is 37.1 Å². The molecular formula is C12H20ClN3O2S. The van der Waals surface area contributed by atoms with Crippen molar-refractivity contribution in [2.45, 2.75) is 55.8 Å². The maximum Gasteiger partial charge on any atom is 0.244 e. The van der Waals surface area contributed by atoms with Gasteiger partial charge in [0.15, 0.2) is 0 Å². The lowest BCUT2D eigenvalue weighted by Gasteiger charge is -2.27. The summed E-state index contributed by atoms with van der Waals surface area (Å²) in [5.74, 6) is 0. The predicted molar refractivity (Wildman–Crippen MR) is 74.9 cm³/mol. The molecule has 0 bridgehead atoms. The van der Waals surface area contributed by atoms with Gasteiger partial charge < -0.3 is 0 Å². The normalized spacial score (nSPS) is 24.6. The van der Waals surface area contributed by atoms with Crippen LogP contribution in [0, 0.1) is 13.8 Å². The predicted octanol–water partition coefficient (Wildman–Crippen LogP) is 1.87. The van der Waals surface area contributed by atoms with E-state index in [0.29, 0.717) is 11.4 Å². The third kappa shape index (κ3) is 2.95. The number of aromatic nitrogens is 2. The number of hydrogen-bond donors (Lipinski definition) is 1. The minimum atomic E-state index is -3.55. The van der Waals surface area contributed by atoms with Crippen molar-refractivity contribution < 1.29 is 8.42 Å². The van der Waals surface area contributed by atoms with Gasteiger partial charge in [-0.25, -0.2) is 13.1 Å². The van der Waals surface area contributed by atoms with Crippen molar-refractivity contribution >= 4 is 21.6 Å². The molecule has 2 rings (SSSR count). The fourth-order valence-electron chi connectivity index (χ4n) is 2.62. The van der Waals surface area contributed by atoms with Gasteiger partial charge in [-0.2, -0.15) is 5.10 Å². The summed E-state index contributed by atoms with van der Waals surface area (Å²) in [7, 11) is -1.81. The highest BCUT2D eigenvalue weighted by Crippen LogP contribution is 2.26. The first-order valence-electron chi connectivity index (χ1n) is 6.49. The number of nitrogens with one attached hydrogen (secondary N) is 1. The highest BCUT2D eigenvalue weighted by Gasteiger charge is 2.31. The van der Waals surface area contributed by atoms with Gasteiger partial charge in [-0.3, -0.25) is 4.68 Å². The van der Waals surface area contributed by atoms with E-state index in [1.807, 2.05) is 0 Å². The topological polar surface area (TPSA) is 64.0 Å². The molecule has 2 unspecified atom stereocenters. The van der Waals surface area contributed by atoms with Gasteiger partial charge in [0.25, 0.3) is 0 Å². The van der Waals surface area contributed by atoms with Crippen LogP contribution >= 0.6 is 11.6 Å². The summed E-state index contributed by atoms with van der Waals surface area (Å²) in [5.41, 5.74) is 1.17. The third-order valence-electron chi connectivity index (χ3n) is 3.70. The number of nitrogens with zero attached hydrogens (tertiary/aromatic N) is 2. The number of halogens is 1. The maximum atomic E-state index is 12.5. The molecular weight excluding hydrogens is 286 g/mol. The summed E-state index contributed by atoms with van der Waals surface area (Å²) in [4.78, 5) is 0.282. The van der Waals surface area contributed by atoms with E-state index in [9.17, 15) is 8.42 Å². The summed E-state index contributed by atoms with van der Waals surface area (Å²) >= 11 is 6.21. The van der Waals surface area contributed by atoms with Crippen molar-refractivity contribution in [2.75, 3.05) is 0 Å². The molecule has 1 heterocycles. The lowest BCUT2D eigenvalue weighted by atomic mass is 9.96. The van der Waals surface area contributed by atoms with Crippen LogP contribution in [0.25, 0.3) is 0 Å². The molecule has 1 aromatic heterocycles. The first kappa shape index (κ1) is 14.8. The number of alkyl halides is 1. The lowest BCUT2D eigenvalue weighted by molar-refractivity contribution is 0.418. The number of aryl methyl sites for hydroxylation is 2. The molecule has 1 N–H and O–H groups in total. The second-order valence-corrected chi connectivity index (χ2v) is 7.36. The zero-order valence-corrected chi connectivity index (χ0v) is 13.1. The Hall–Kier alpha value is -0.590. The molecule has 0 amide bonds. The van der Waals surface area contributed by atoms with Crippen LogP contribution < -0.4 is 4.72 Å². The number of rotatable bonds is 3. The van der Waals surface area contributed by atoms with E-state index in [4.69, 9.17) is 11.6 Å². The monoisotopic (exact) mass is 305 g/mol. The molecule has 7 heteroatoms. The van der Waals surface area contributed by atoms with Gasteiger partial charge in [-0.15, -0.1) is 11.6 Å². The fraction of sp³-hybridized carbons (Fsp3) is 0.750. The summed E-state index contributed by atoms with van der Waals surface area (Å²) < 4.78 is 29.3. The van der Waals surface area contributed by atoms with E-state index in [1.165, 1.54) is 0 Å². The van der Waals surface area contributed by atoms with E-state index in [-0.39, 0.29) is 16.3 Å². The van der Waals surface area contributed by atoms with Crippen LogP contribution in [0.3, 0.4) is 0 Å². The van der Waals surface area contributed by atoms with Gasteiger partial charge in [0.2, 0.25) is 10.0 Å². The Kier molecular flexibility index (Phi) is 4.23. The van der Waals surface area contributed by atoms with E-state index in [1.54, 1.807) is 25.6 Å². The lowest BCUT2D eigenvalue weighted by Crippen LogP contribution is -2.43. The summed E-state index contributed by atoms with van der Waals surface area (Å²) in [6.07, 6.45) is 3.74. The van der Waals surface area contributed by atoms with Crippen molar-refractivity contribution in [2.24, 2.45) is 7.05 Å². The molecule has 108 valence electrons. The SMILES string of the molecule is Cc1nn(C)c(C)c1S(=O)(=O)NC1CCCCC1Cl. The zero-order valence-electron chi connectivity index (χ0n) is 11.5. The van der Waals surface area contributed by atoms with Gasteiger partial charge in [-0.05, 0) is 26.7 Å². The highest BCUT2D eigenvalue weighted by atomic mass is 35.5. The summed E-state index contributed by atoms with van der Waals surface area (Å²) in [5, 5.41) is 4.03. The van der Waals surface area contributed by atoms with Gasteiger partial charge in [0, 0.05) is 18.5 Å². The van der Waals surface area contributed by atoms with Crippen molar-refractivity contribution in [3.8, 4) is 0 Å². The van der Waals surface area contributed by atoms with Crippen LogP contribution in [0.2, 0.25) is 0 Å². The molecule has 5 nitrogen and oxygen atoms in total. The van der Waals surface area contributed by atoms with Crippen molar-refractivity contribution in [1.29, 1.82) is 0 Å². The Morgan fingerprint density at radius 1 is 1.32 bits per heavy atom. The molecule has 19 heavy (non-hydrogen) atoms. The number of sulfonamides is 1. The smallest absolute Gasteiger partial charge is 0.244 e. The Labute approximate surface area is 119 Å². The molecule has 0 saturated heterocycles. The molecule has 0 radical (unpaired) electrons. The molecule has 1 aliphatic carbocycles. The van der Waals surface area contributed by atoms with Crippen molar-refractivity contribution in [3.05, 3.63) is 11.4 Å². The van der Waals surface area contributed by atoms with E-state index in [2.05, 4.69) is 9.82 Å². The summed E-state index contributed by atoms with van der Waals surface area (Å²) in [6, 6.07) is -0.181. The van der Waals surface area contributed by atoms with Gasteiger partial charge in [-0.1, -0.05) is 12.8 Å². The molecule has 1 aliphatic rings. The molecule has 0 spiro atoms. The fourth-order valence-corrected chi connectivity index (χ4v) is 4.79. The van der Waals surface area contributed by atoms with E-state index in [0.717, 1.165) is 25.7 Å². The Morgan fingerprint density at radius 3 is 2.47 bits per heavy atom. The van der Waals surface area contributed by atoms with Gasteiger partial charge in [0.1, 0.15) is 4.90 Å². The first-order valence-corrected chi connectivity index (χ1v) is 8.41. The second-order valence-electron chi connectivity index (χ2n) is 5.15. The Bertz CT molecular complexity index is 568. The van der Waals surface area contributed by atoms with Crippen LogP contribution in [0.4, 0.5) is 0 Å². The average molecular weight is 306 g/mol. The molecule has 2 atom stereocenters. The third-order valence-corrected chi connectivity index (χ3v) is 5.96. The van der Waals surface area contributed by atoms with Crippen molar-refractivity contribution in [1.82, 2.24) is 14.5 Å². The molecule has 0 aliphatic heterocycles. The quantitative estimate of drug-likeness (QED) is 0.867. The van der Waals surface area contributed by atoms with Crippen LogP contribution in [0.15, 0.2) is 4.90 Å². The van der Waals surface area contributed by atoms with E-state index < -0.39 is 10.0 Å². The minimum absolute atomic E-state index is 0.124. The van der Waals surface area contributed by atoms with Crippen LogP contribution in [-0.4, -0.2) is 29.6 Å². The number of hydrogen-bond acceptors (Lipinski definition) is 3. The van der Waals surface area contributed by atoms with Crippen LogP contribution in [-0.2, 0) is 17.1 Å². The molecule has 0 aromatic carbocycles. The Morgan fingerprint density at radius 2 is 1.95 bits per heavy atom. The Balaban J connectivity index is 2.27. The van der Waals surface area contributed by atoms with Gasteiger partial charge >= 0.3 is 0 Å². The molecule has 1 aromatic rings. The first-order chi connectivity index (χ1) is 8.83. The highest BCUT2D eigenvalue weighted by molar-refractivity contribution is 7.89. The van der Waals surface area contributed by atoms with Gasteiger partial charge in [0.05, 0.1) is 11.4 Å². The average Bonchev–Trinajstić information content (AvgIpc) is 2.56. The largest absolute Gasteiger partial charge is 0.271 e. The zero-order chi connectivity index (χ0) is 14.2. The molecule has 1 fully saturated rings. The van der Waals surface area contributed by atoms with Crippen LogP contribution in [0.5, 0.6) is 0 Å². The molecule has 1 saturated carbocycles.